The Morgan fingerprint density at radius 3 is 3.00 bits per heavy atom. The van der Waals surface area contributed by atoms with E-state index in [2.05, 4.69) is 9.97 Å². The number of hydrogen-bond acceptors (Lipinski definition) is 3. The van der Waals surface area contributed by atoms with Crippen molar-refractivity contribution < 1.29 is 12.8 Å². The van der Waals surface area contributed by atoms with E-state index in [9.17, 15) is 4.79 Å². The van der Waals surface area contributed by atoms with Crippen LogP contribution < -0.4 is 5.73 Å². The van der Waals surface area contributed by atoms with Gasteiger partial charge < -0.3 is 18.7 Å². The third-order valence-corrected chi connectivity index (χ3v) is 1.31. The van der Waals surface area contributed by atoms with E-state index in [4.69, 9.17) is 10.8 Å². The number of carbonyl (C=O) groups is 1. The van der Waals surface area contributed by atoms with Crippen molar-refractivity contribution in [2.24, 2.45) is 5.73 Å². The molecule has 0 amide bonds. The molecule has 0 radical (unpaired) electrons. The molecule has 5 nitrogen and oxygen atoms in total. The van der Waals surface area contributed by atoms with Gasteiger partial charge in [-0.15, -0.1) is 0 Å². The summed E-state index contributed by atoms with van der Waals surface area (Å²) in [7, 11) is 0. The van der Waals surface area contributed by atoms with Gasteiger partial charge in [-0.05, 0) is 0 Å². The van der Waals surface area contributed by atoms with Crippen LogP contribution in [-0.2, 0) is 11.2 Å². The monoisotopic (exact) mass is 197 g/mol. The van der Waals surface area contributed by atoms with Crippen molar-refractivity contribution in [2.45, 2.75) is 12.5 Å². The number of rotatable bonds is 3. The molecule has 0 spiro atoms. The van der Waals surface area contributed by atoms with E-state index in [0.29, 0.717) is 0 Å². The molecule has 4 N–H and O–H groups in total. The Morgan fingerprint density at radius 1 is 1.92 bits per heavy atom. The normalized spacial score (nSPS) is 11.8. The number of nitrogens with one attached hydrogen (secondary N) is 1. The minimum Gasteiger partial charge on any atom is -1.00 e. The fraction of sp³-hybridized carbons (Fsp3) is 0.333. The number of imidazole rings is 1. The van der Waals surface area contributed by atoms with Crippen molar-refractivity contribution in [1.29, 1.82) is 0 Å². The van der Waals surface area contributed by atoms with Gasteiger partial charge in [-0.3, -0.25) is 4.79 Å². The van der Waals surface area contributed by atoms with E-state index in [1.807, 2.05) is 0 Å². The fourth-order valence-corrected chi connectivity index (χ4v) is 0.721. The quantitative estimate of drug-likeness (QED) is 0.554. The summed E-state index contributed by atoms with van der Waals surface area (Å²) in [5.41, 5.74) is 6.00. The Labute approximate surface area is 102 Å². The molecular weight excluding hydrogens is 186 g/mol. The van der Waals surface area contributed by atoms with Crippen LogP contribution in [0.25, 0.3) is 0 Å². The average molecular weight is 197 g/mol. The first-order valence-electron chi connectivity index (χ1n) is 3.16. The van der Waals surface area contributed by atoms with Crippen LogP contribution in [0.4, 0.5) is 0 Å². The van der Waals surface area contributed by atoms with Crippen molar-refractivity contribution in [1.82, 2.24) is 9.97 Å². The maximum atomic E-state index is 10.3. The Balaban J connectivity index is -0.000000403. The van der Waals surface area contributed by atoms with Crippen LogP contribution in [0.5, 0.6) is 0 Å². The third-order valence-electron chi connectivity index (χ3n) is 1.31. The molecule has 1 atom stereocenters. The molecule has 64 valence electrons. The summed E-state index contributed by atoms with van der Waals surface area (Å²) in [4.78, 5) is 16.8. The van der Waals surface area contributed by atoms with Gasteiger partial charge in [-0.1, -0.05) is 0 Å². The summed E-state index contributed by atoms with van der Waals surface area (Å²) in [6, 6.07) is -0.851. The first kappa shape index (κ1) is 11.9. The van der Waals surface area contributed by atoms with Gasteiger partial charge in [0.05, 0.1) is 6.33 Å². The number of carboxylic acids is 1. The predicted octanol–water partition coefficient (Wildman–Crippen LogP) is -0.792. The van der Waals surface area contributed by atoms with Crippen LogP contribution in [0.1, 0.15) is 8.55 Å². The van der Waals surface area contributed by atoms with Crippen molar-refractivity contribution in [3.8, 4) is 0 Å². The van der Waals surface area contributed by atoms with Crippen LogP contribution in [0.15, 0.2) is 12.5 Å². The molecule has 0 aliphatic heterocycles. The van der Waals surface area contributed by atoms with Gasteiger partial charge in [0.2, 0.25) is 0 Å². The molecule has 1 aromatic rings. The van der Waals surface area contributed by atoms with Gasteiger partial charge in [-0.2, -0.15) is 0 Å². The third kappa shape index (κ3) is 3.53. The van der Waals surface area contributed by atoms with Crippen LogP contribution >= 0.6 is 0 Å². The van der Waals surface area contributed by atoms with Crippen molar-refractivity contribution >= 4 is 43.7 Å². The number of aromatic nitrogens is 2. The van der Waals surface area contributed by atoms with E-state index >= 15 is 0 Å². The number of hydrogen-bond donors (Lipinski definition) is 3. The first-order valence-corrected chi connectivity index (χ1v) is 3.16. The average Bonchev–Trinajstić information content (AvgIpc) is 2.39. The maximum absolute atomic E-state index is 10.3. The maximum Gasteiger partial charge on any atom is 2.00 e. The zero-order valence-electron chi connectivity index (χ0n) is 8.53. The molecule has 1 rings (SSSR count). The summed E-state index contributed by atoms with van der Waals surface area (Å²) in [5.74, 6) is -1.00. The number of H-pyrrole nitrogens is 1. The SMILES string of the molecule is N[C@@H](Cc1cnc[nH]1)C(=O)O.[Ca+2].[H-].[H-]. The van der Waals surface area contributed by atoms with Gasteiger partial charge in [0.1, 0.15) is 6.04 Å². The summed E-state index contributed by atoms with van der Waals surface area (Å²) in [6.45, 7) is 0. The van der Waals surface area contributed by atoms with Crippen LogP contribution in [0.3, 0.4) is 0 Å². The van der Waals surface area contributed by atoms with E-state index in [1.165, 1.54) is 6.33 Å². The molecule has 0 aromatic carbocycles. The number of aromatic amines is 1. The molecular formula is C6H11CaN3O2. The van der Waals surface area contributed by atoms with E-state index in [1.54, 1.807) is 6.20 Å². The second-order valence-electron chi connectivity index (χ2n) is 2.23. The Kier molecular flexibility index (Phi) is 5.48. The molecule has 0 saturated heterocycles. The number of nitrogens with two attached hydrogens (primary N) is 1. The Morgan fingerprint density at radius 2 is 2.58 bits per heavy atom. The summed E-state index contributed by atoms with van der Waals surface area (Å²) >= 11 is 0. The molecule has 1 aromatic heterocycles. The second kappa shape index (κ2) is 5.53. The number of aliphatic carboxylic acids is 1. The Bertz CT molecular complexity index is 245. The molecule has 6 heteroatoms. The minimum atomic E-state index is -1.00. The molecule has 0 bridgehead atoms. The predicted molar refractivity (Wildman–Crippen MR) is 45.9 cm³/mol. The molecule has 0 saturated carbocycles. The summed E-state index contributed by atoms with van der Waals surface area (Å²) in [6.07, 6.45) is 3.34. The zero-order chi connectivity index (χ0) is 8.27. The standard InChI is InChI=1S/C6H9N3O2.Ca.2H/c7-5(6(10)11)1-4-2-8-3-9-4;;;/h2-3,5H,1,7H2,(H,8,9)(H,10,11);;;/q;+2;2*-1/t5-;;;/m0.../s1. The second-order valence-corrected chi connectivity index (χ2v) is 2.23. The molecule has 12 heavy (non-hydrogen) atoms. The van der Waals surface area contributed by atoms with E-state index in [-0.39, 0.29) is 47.0 Å². The first-order chi connectivity index (χ1) is 5.20. The molecule has 0 unspecified atom stereocenters. The Hall–Kier alpha value is -0.100. The summed E-state index contributed by atoms with van der Waals surface area (Å²) < 4.78 is 0. The van der Waals surface area contributed by atoms with Gasteiger partial charge in [0.25, 0.3) is 0 Å². The minimum absolute atomic E-state index is 0. The largest absolute Gasteiger partial charge is 2.00 e. The molecule has 0 aliphatic rings. The van der Waals surface area contributed by atoms with Gasteiger partial charge in [0, 0.05) is 18.3 Å². The van der Waals surface area contributed by atoms with Crippen LogP contribution in [0.2, 0.25) is 0 Å². The van der Waals surface area contributed by atoms with Gasteiger partial charge in [-0.25, -0.2) is 4.98 Å². The topological polar surface area (TPSA) is 92.0 Å². The van der Waals surface area contributed by atoms with E-state index in [0.717, 1.165) is 5.69 Å². The zero-order valence-corrected chi connectivity index (χ0v) is 8.73. The van der Waals surface area contributed by atoms with Crippen molar-refractivity contribution in [3.63, 3.8) is 0 Å². The molecule has 1 heterocycles. The van der Waals surface area contributed by atoms with Crippen LogP contribution in [-0.4, -0.2) is 64.8 Å². The van der Waals surface area contributed by atoms with Crippen molar-refractivity contribution in [3.05, 3.63) is 18.2 Å². The van der Waals surface area contributed by atoms with E-state index < -0.39 is 12.0 Å². The van der Waals surface area contributed by atoms with Crippen molar-refractivity contribution in [2.75, 3.05) is 0 Å². The fourth-order valence-electron chi connectivity index (χ4n) is 0.721. The van der Waals surface area contributed by atoms with Crippen LogP contribution in [0, 0.1) is 0 Å². The van der Waals surface area contributed by atoms with Gasteiger partial charge >= 0.3 is 43.7 Å². The number of carboxylic acid groups (broad SMARTS) is 1. The molecule has 0 fully saturated rings. The van der Waals surface area contributed by atoms with Gasteiger partial charge in [0.15, 0.2) is 0 Å². The number of nitrogens with zero attached hydrogens (tertiary/aromatic N) is 1. The molecule has 0 aliphatic carbocycles. The smallest absolute Gasteiger partial charge is 1.00 e. The summed E-state index contributed by atoms with van der Waals surface area (Å²) in [5, 5.41) is 8.42.